The largest absolute Gasteiger partial charge is 0.314 e. The molecule has 0 radical (unpaired) electrons. The van der Waals surface area contributed by atoms with E-state index in [-0.39, 0.29) is 5.82 Å². The molecule has 1 nitrogen and oxygen atoms in total. The molecular formula is C20H29ClFN. The summed E-state index contributed by atoms with van der Waals surface area (Å²) in [6.45, 7) is 1.16. The summed E-state index contributed by atoms with van der Waals surface area (Å²) >= 11 is 5.85. The van der Waals surface area contributed by atoms with Crippen LogP contribution in [0.3, 0.4) is 0 Å². The van der Waals surface area contributed by atoms with Gasteiger partial charge >= 0.3 is 0 Å². The van der Waals surface area contributed by atoms with Crippen LogP contribution in [-0.4, -0.2) is 12.6 Å². The second-order valence-electron chi connectivity index (χ2n) is 7.46. The zero-order chi connectivity index (χ0) is 16.1. The van der Waals surface area contributed by atoms with E-state index < -0.39 is 0 Å². The highest BCUT2D eigenvalue weighted by Crippen LogP contribution is 2.38. The Morgan fingerprint density at radius 3 is 2.43 bits per heavy atom. The van der Waals surface area contributed by atoms with Gasteiger partial charge in [-0.25, -0.2) is 4.39 Å². The van der Waals surface area contributed by atoms with Crippen molar-refractivity contribution < 1.29 is 4.39 Å². The number of halogens is 2. The molecule has 2 aliphatic carbocycles. The molecule has 23 heavy (non-hydrogen) atoms. The monoisotopic (exact) mass is 337 g/mol. The first-order chi connectivity index (χ1) is 11.2. The van der Waals surface area contributed by atoms with Crippen molar-refractivity contribution in [2.45, 2.75) is 76.2 Å². The highest BCUT2D eigenvalue weighted by Gasteiger charge is 2.24. The smallest absolute Gasteiger partial charge is 0.128 e. The molecule has 1 aromatic rings. The molecule has 0 unspecified atom stereocenters. The van der Waals surface area contributed by atoms with Gasteiger partial charge in [0, 0.05) is 11.1 Å². The minimum absolute atomic E-state index is 0.125. The first-order valence-electron chi connectivity index (χ1n) is 9.40. The van der Waals surface area contributed by atoms with Gasteiger partial charge in [0.1, 0.15) is 5.82 Å². The van der Waals surface area contributed by atoms with Crippen molar-refractivity contribution in [2.24, 2.45) is 5.92 Å². The maximum absolute atomic E-state index is 14.0. The zero-order valence-electron chi connectivity index (χ0n) is 14.0. The third-order valence-electron chi connectivity index (χ3n) is 5.84. The van der Waals surface area contributed by atoms with E-state index in [2.05, 4.69) is 5.32 Å². The Labute approximate surface area is 145 Å². The second-order valence-corrected chi connectivity index (χ2v) is 7.90. The number of rotatable bonds is 5. The Morgan fingerprint density at radius 2 is 1.74 bits per heavy atom. The van der Waals surface area contributed by atoms with E-state index in [1.54, 1.807) is 0 Å². The topological polar surface area (TPSA) is 12.0 Å². The van der Waals surface area contributed by atoms with Crippen molar-refractivity contribution in [3.8, 4) is 0 Å². The van der Waals surface area contributed by atoms with Crippen molar-refractivity contribution in [2.75, 3.05) is 6.54 Å². The van der Waals surface area contributed by atoms with E-state index in [1.165, 1.54) is 57.4 Å². The number of benzene rings is 1. The van der Waals surface area contributed by atoms with Gasteiger partial charge in [-0.05, 0) is 81.0 Å². The summed E-state index contributed by atoms with van der Waals surface area (Å²) in [5, 5.41) is 4.25. The molecule has 0 amide bonds. The fourth-order valence-corrected chi connectivity index (χ4v) is 4.55. The molecule has 2 fully saturated rings. The van der Waals surface area contributed by atoms with Gasteiger partial charge in [0.2, 0.25) is 0 Å². The molecule has 128 valence electrons. The Balaban J connectivity index is 1.39. The van der Waals surface area contributed by atoms with E-state index in [0.29, 0.717) is 10.9 Å². The SMILES string of the molecule is Fc1cc(Cl)ccc1C1CCC(CCNC2CCCCC2)CC1. The quantitative estimate of drug-likeness (QED) is 0.688. The molecule has 0 aromatic heterocycles. The average molecular weight is 338 g/mol. The minimum atomic E-state index is -0.125. The molecule has 0 bridgehead atoms. The lowest BCUT2D eigenvalue weighted by Gasteiger charge is -2.30. The van der Waals surface area contributed by atoms with Crippen LogP contribution in [0.4, 0.5) is 4.39 Å². The van der Waals surface area contributed by atoms with E-state index in [1.807, 2.05) is 12.1 Å². The van der Waals surface area contributed by atoms with Gasteiger partial charge in [-0.15, -0.1) is 0 Å². The van der Waals surface area contributed by atoms with Crippen LogP contribution >= 0.6 is 11.6 Å². The fourth-order valence-electron chi connectivity index (χ4n) is 4.39. The van der Waals surface area contributed by atoms with Crippen molar-refractivity contribution in [1.82, 2.24) is 5.32 Å². The van der Waals surface area contributed by atoms with Crippen LogP contribution in [0.2, 0.25) is 5.02 Å². The van der Waals surface area contributed by atoms with Gasteiger partial charge in [-0.3, -0.25) is 0 Å². The van der Waals surface area contributed by atoms with Crippen LogP contribution < -0.4 is 5.32 Å². The molecule has 2 aliphatic rings. The molecule has 3 heteroatoms. The Hall–Kier alpha value is -0.600. The number of hydrogen-bond donors (Lipinski definition) is 1. The molecule has 2 saturated carbocycles. The molecule has 0 spiro atoms. The average Bonchev–Trinajstić information content (AvgIpc) is 2.57. The van der Waals surface area contributed by atoms with Crippen molar-refractivity contribution in [1.29, 1.82) is 0 Å². The molecule has 0 atom stereocenters. The van der Waals surface area contributed by atoms with Gasteiger partial charge < -0.3 is 5.32 Å². The lowest BCUT2D eigenvalue weighted by atomic mass is 9.77. The molecular weight excluding hydrogens is 309 g/mol. The molecule has 1 N–H and O–H groups in total. The summed E-state index contributed by atoms with van der Waals surface area (Å²) in [4.78, 5) is 0. The fraction of sp³-hybridized carbons (Fsp3) is 0.700. The lowest BCUT2D eigenvalue weighted by Crippen LogP contribution is -2.32. The van der Waals surface area contributed by atoms with Crippen LogP contribution in [0.15, 0.2) is 18.2 Å². The predicted molar refractivity (Wildman–Crippen MR) is 95.6 cm³/mol. The highest BCUT2D eigenvalue weighted by molar-refractivity contribution is 6.30. The zero-order valence-corrected chi connectivity index (χ0v) is 14.8. The van der Waals surface area contributed by atoms with Crippen molar-refractivity contribution in [3.63, 3.8) is 0 Å². The van der Waals surface area contributed by atoms with Crippen molar-refractivity contribution in [3.05, 3.63) is 34.6 Å². The third-order valence-corrected chi connectivity index (χ3v) is 6.07. The molecule has 0 aliphatic heterocycles. The highest BCUT2D eigenvalue weighted by atomic mass is 35.5. The normalized spacial score (nSPS) is 26.3. The summed E-state index contributed by atoms with van der Waals surface area (Å²) < 4.78 is 14.0. The first kappa shape index (κ1) is 17.2. The summed E-state index contributed by atoms with van der Waals surface area (Å²) in [6.07, 6.45) is 12.9. The maximum Gasteiger partial charge on any atom is 0.128 e. The minimum Gasteiger partial charge on any atom is -0.314 e. The van der Waals surface area contributed by atoms with Gasteiger partial charge in [-0.2, -0.15) is 0 Å². The molecule has 1 aromatic carbocycles. The Bertz CT molecular complexity index is 490. The standard InChI is InChI=1S/C20H29ClFN/c21-17-10-11-19(20(22)14-17)16-8-6-15(7-9-16)12-13-23-18-4-2-1-3-5-18/h10-11,14-16,18,23H,1-9,12-13H2. The van der Waals surface area contributed by atoms with Crippen LogP contribution in [0.25, 0.3) is 0 Å². The van der Waals surface area contributed by atoms with E-state index >= 15 is 0 Å². The lowest BCUT2D eigenvalue weighted by molar-refractivity contribution is 0.290. The Morgan fingerprint density at radius 1 is 1.00 bits per heavy atom. The molecule has 0 heterocycles. The first-order valence-corrected chi connectivity index (χ1v) is 9.78. The van der Waals surface area contributed by atoms with Gasteiger partial charge in [-0.1, -0.05) is 36.9 Å². The van der Waals surface area contributed by atoms with Gasteiger partial charge in [0.25, 0.3) is 0 Å². The number of nitrogens with one attached hydrogen (secondary N) is 1. The second kappa shape index (κ2) is 8.48. The van der Waals surface area contributed by atoms with Gasteiger partial charge in [0.05, 0.1) is 0 Å². The van der Waals surface area contributed by atoms with Gasteiger partial charge in [0.15, 0.2) is 0 Å². The van der Waals surface area contributed by atoms with Crippen LogP contribution in [0.5, 0.6) is 0 Å². The summed E-state index contributed by atoms with van der Waals surface area (Å²) in [5.41, 5.74) is 0.869. The van der Waals surface area contributed by atoms with Crippen LogP contribution in [0, 0.1) is 11.7 Å². The summed E-state index contributed by atoms with van der Waals surface area (Å²) in [5.74, 6) is 1.08. The van der Waals surface area contributed by atoms with E-state index in [0.717, 1.165) is 36.9 Å². The predicted octanol–water partition coefficient (Wildman–Crippen LogP) is 6.07. The van der Waals surface area contributed by atoms with E-state index in [4.69, 9.17) is 11.6 Å². The van der Waals surface area contributed by atoms with E-state index in [9.17, 15) is 4.39 Å². The van der Waals surface area contributed by atoms with Crippen molar-refractivity contribution >= 4 is 11.6 Å². The summed E-state index contributed by atoms with van der Waals surface area (Å²) in [6, 6.07) is 5.92. The Kier molecular flexibility index (Phi) is 6.36. The third kappa shape index (κ3) is 4.93. The maximum atomic E-state index is 14.0. The summed E-state index contributed by atoms with van der Waals surface area (Å²) in [7, 11) is 0. The number of hydrogen-bond acceptors (Lipinski definition) is 1. The van der Waals surface area contributed by atoms with Crippen LogP contribution in [-0.2, 0) is 0 Å². The molecule has 3 rings (SSSR count). The van der Waals surface area contributed by atoms with Crippen LogP contribution in [0.1, 0.15) is 75.7 Å². The molecule has 0 saturated heterocycles.